The summed E-state index contributed by atoms with van der Waals surface area (Å²) in [4.78, 5) is 0. The highest BCUT2D eigenvalue weighted by Gasteiger charge is 2.17. The predicted octanol–water partition coefficient (Wildman–Crippen LogP) is 1.82. The Hall–Kier alpha value is -1.14. The van der Waals surface area contributed by atoms with E-state index in [1.807, 2.05) is 0 Å². The molecule has 0 aromatic heterocycles. The fraction of sp³-hybridized carbons (Fsp3) is 0.400. The van der Waals surface area contributed by atoms with E-state index in [0.29, 0.717) is 0 Å². The van der Waals surface area contributed by atoms with Crippen molar-refractivity contribution in [2.45, 2.75) is 12.5 Å². The molecule has 3 N–H and O–H groups in total. The second-order valence-electron chi connectivity index (χ2n) is 3.23. The largest absolute Gasteiger partial charge is 0.329 e. The summed E-state index contributed by atoms with van der Waals surface area (Å²) >= 11 is 0. The minimum Gasteiger partial charge on any atom is -0.329 e. The SMILES string of the molecule is NCC(NCC(F)F)c1cccc(F)c1F. The van der Waals surface area contributed by atoms with E-state index in [1.54, 1.807) is 0 Å². The van der Waals surface area contributed by atoms with Gasteiger partial charge < -0.3 is 11.1 Å². The van der Waals surface area contributed by atoms with Crippen LogP contribution in [0.15, 0.2) is 18.2 Å². The van der Waals surface area contributed by atoms with Crippen LogP contribution in [0, 0.1) is 11.6 Å². The maximum Gasteiger partial charge on any atom is 0.250 e. The molecule has 1 aromatic rings. The lowest BCUT2D eigenvalue weighted by molar-refractivity contribution is 0.141. The summed E-state index contributed by atoms with van der Waals surface area (Å²) in [7, 11) is 0. The highest BCUT2D eigenvalue weighted by molar-refractivity contribution is 5.22. The summed E-state index contributed by atoms with van der Waals surface area (Å²) in [6.45, 7) is -0.703. The lowest BCUT2D eigenvalue weighted by atomic mass is 10.1. The zero-order chi connectivity index (χ0) is 12.1. The molecule has 1 atom stereocenters. The Morgan fingerprint density at radius 1 is 1.25 bits per heavy atom. The van der Waals surface area contributed by atoms with Crippen molar-refractivity contribution in [1.29, 1.82) is 0 Å². The van der Waals surface area contributed by atoms with Crippen LogP contribution in [0.5, 0.6) is 0 Å². The molecule has 0 bridgehead atoms. The molecule has 90 valence electrons. The van der Waals surface area contributed by atoms with E-state index in [4.69, 9.17) is 5.73 Å². The van der Waals surface area contributed by atoms with E-state index in [9.17, 15) is 17.6 Å². The molecule has 0 spiro atoms. The third kappa shape index (κ3) is 3.18. The zero-order valence-electron chi connectivity index (χ0n) is 8.39. The first kappa shape index (κ1) is 12.9. The summed E-state index contributed by atoms with van der Waals surface area (Å²) in [6, 6.07) is 2.76. The Kier molecular flexibility index (Phi) is 4.70. The summed E-state index contributed by atoms with van der Waals surface area (Å²) in [6.07, 6.45) is -2.56. The van der Waals surface area contributed by atoms with Crippen LogP contribution in [0.2, 0.25) is 0 Å². The van der Waals surface area contributed by atoms with Crippen LogP contribution in [0.4, 0.5) is 17.6 Å². The summed E-state index contributed by atoms with van der Waals surface area (Å²) in [5.41, 5.74) is 5.27. The third-order valence-electron chi connectivity index (χ3n) is 2.11. The zero-order valence-corrected chi connectivity index (χ0v) is 8.39. The first-order valence-electron chi connectivity index (χ1n) is 4.71. The van der Waals surface area contributed by atoms with Gasteiger partial charge in [0, 0.05) is 18.2 Å². The van der Waals surface area contributed by atoms with Crippen molar-refractivity contribution >= 4 is 0 Å². The van der Waals surface area contributed by atoms with Crippen LogP contribution in [0.1, 0.15) is 11.6 Å². The number of halogens is 4. The number of hydrogen-bond acceptors (Lipinski definition) is 2. The Balaban J connectivity index is 2.82. The van der Waals surface area contributed by atoms with Gasteiger partial charge in [0.05, 0.1) is 6.54 Å². The Bertz CT molecular complexity index is 344. The van der Waals surface area contributed by atoms with E-state index in [1.165, 1.54) is 12.1 Å². The Labute approximate surface area is 90.4 Å². The van der Waals surface area contributed by atoms with Gasteiger partial charge in [-0.25, -0.2) is 17.6 Å². The first-order valence-corrected chi connectivity index (χ1v) is 4.71. The van der Waals surface area contributed by atoms with E-state index < -0.39 is 30.6 Å². The molecular formula is C10H12F4N2. The van der Waals surface area contributed by atoms with Crippen molar-refractivity contribution in [3.63, 3.8) is 0 Å². The van der Waals surface area contributed by atoms with Gasteiger partial charge in [-0.05, 0) is 6.07 Å². The van der Waals surface area contributed by atoms with Crippen LogP contribution in [0.25, 0.3) is 0 Å². The highest BCUT2D eigenvalue weighted by Crippen LogP contribution is 2.18. The molecule has 0 saturated heterocycles. The van der Waals surface area contributed by atoms with Crippen LogP contribution >= 0.6 is 0 Å². The third-order valence-corrected chi connectivity index (χ3v) is 2.11. The minimum atomic E-state index is -2.56. The lowest BCUT2D eigenvalue weighted by Gasteiger charge is -2.17. The Morgan fingerprint density at radius 3 is 2.50 bits per heavy atom. The molecule has 0 heterocycles. The molecule has 0 aliphatic heterocycles. The Morgan fingerprint density at radius 2 is 1.94 bits per heavy atom. The molecule has 1 unspecified atom stereocenters. The molecule has 0 amide bonds. The molecule has 1 rings (SSSR count). The molecule has 2 nitrogen and oxygen atoms in total. The number of nitrogens with two attached hydrogens (primary N) is 1. The van der Waals surface area contributed by atoms with Gasteiger partial charge in [0.15, 0.2) is 11.6 Å². The monoisotopic (exact) mass is 236 g/mol. The topological polar surface area (TPSA) is 38.0 Å². The van der Waals surface area contributed by atoms with Crippen molar-refractivity contribution in [1.82, 2.24) is 5.32 Å². The van der Waals surface area contributed by atoms with Crippen molar-refractivity contribution in [2.24, 2.45) is 5.73 Å². The second kappa shape index (κ2) is 5.81. The first-order chi connectivity index (χ1) is 7.56. The highest BCUT2D eigenvalue weighted by atomic mass is 19.3. The molecule has 0 radical (unpaired) electrons. The average Bonchev–Trinajstić information content (AvgIpc) is 2.24. The lowest BCUT2D eigenvalue weighted by Crippen LogP contribution is -2.32. The minimum absolute atomic E-state index is 0.0387. The number of benzene rings is 1. The van der Waals surface area contributed by atoms with Gasteiger partial charge in [-0.3, -0.25) is 0 Å². The molecule has 0 fully saturated rings. The number of nitrogens with one attached hydrogen (secondary N) is 1. The second-order valence-corrected chi connectivity index (χ2v) is 3.23. The smallest absolute Gasteiger partial charge is 0.250 e. The van der Waals surface area contributed by atoms with E-state index in [0.717, 1.165) is 6.07 Å². The maximum atomic E-state index is 13.3. The van der Waals surface area contributed by atoms with Gasteiger partial charge in [0.1, 0.15) is 0 Å². The van der Waals surface area contributed by atoms with E-state index >= 15 is 0 Å². The molecule has 1 aromatic carbocycles. The molecule has 0 aliphatic rings. The normalized spacial score (nSPS) is 13.1. The number of alkyl halides is 2. The fourth-order valence-electron chi connectivity index (χ4n) is 1.34. The van der Waals surface area contributed by atoms with Gasteiger partial charge in [-0.15, -0.1) is 0 Å². The van der Waals surface area contributed by atoms with Crippen LogP contribution in [-0.2, 0) is 0 Å². The quantitative estimate of drug-likeness (QED) is 0.765. The van der Waals surface area contributed by atoms with Crippen LogP contribution in [-0.4, -0.2) is 19.5 Å². The standard InChI is InChI=1S/C10H12F4N2/c11-7-3-1-2-6(10(7)14)8(4-15)16-5-9(12)13/h1-3,8-9,16H,4-5,15H2. The molecule has 0 aliphatic carbocycles. The summed E-state index contributed by atoms with van der Waals surface area (Å²) in [5.74, 6) is -2.07. The summed E-state index contributed by atoms with van der Waals surface area (Å²) in [5, 5.41) is 2.37. The predicted molar refractivity (Wildman–Crippen MR) is 52.2 cm³/mol. The van der Waals surface area contributed by atoms with E-state index in [2.05, 4.69) is 5.32 Å². The van der Waals surface area contributed by atoms with Crippen molar-refractivity contribution < 1.29 is 17.6 Å². The maximum absolute atomic E-state index is 13.3. The molecular weight excluding hydrogens is 224 g/mol. The van der Waals surface area contributed by atoms with Gasteiger partial charge in [0.25, 0.3) is 6.43 Å². The fourth-order valence-corrected chi connectivity index (χ4v) is 1.34. The van der Waals surface area contributed by atoms with Crippen LogP contribution in [0.3, 0.4) is 0 Å². The van der Waals surface area contributed by atoms with Gasteiger partial charge in [0.2, 0.25) is 0 Å². The molecule has 0 saturated carbocycles. The van der Waals surface area contributed by atoms with Gasteiger partial charge >= 0.3 is 0 Å². The molecule has 16 heavy (non-hydrogen) atoms. The van der Waals surface area contributed by atoms with Crippen molar-refractivity contribution in [2.75, 3.05) is 13.1 Å². The van der Waals surface area contributed by atoms with Crippen LogP contribution < -0.4 is 11.1 Å². The van der Waals surface area contributed by atoms with Gasteiger partial charge in [-0.1, -0.05) is 12.1 Å². The summed E-state index contributed by atoms with van der Waals surface area (Å²) < 4.78 is 50.1. The van der Waals surface area contributed by atoms with Crippen molar-refractivity contribution in [3.05, 3.63) is 35.4 Å². The molecule has 6 heteroatoms. The van der Waals surface area contributed by atoms with Gasteiger partial charge in [-0.2, -0.15) is 0 Å². The average molecular weight is 236 g/mol. The number of rotatable bonds is 5. The van der Waals surface area contributed by atoms with Crippen molar-refractivity contribution in [3.8, 4) is 0 Å². The number of hydrogen-bond donors (Lipinski definition) is 2. The van der Waals surface area contributed by atoms with E-state index in [-0.39, 0.29) is 12.1 Å².